The fourth-order valence-electron chi connectivity index (χ4n) is 33.3. The van der Waals surface area contributed by atoms with Crippen LogP contribution in [0.2, 0.25) is 0 Å². The molecule has 12 saturated carbocycles. The topological polar surface area (TPSA) is 9.72 Å². The van der Waals surface area contributed by atoms with Crippen LogP contribution in [0.5, 0.6) is 0 Å². The van der Waals surface area contributed by atoms with E-state index >= 15 is 0 Å². The third-order valence-corrected chi connectivity index (χ3v) is 38.4. The molecule has 0 N–H and O–H groups in total. The second-order valence-electron chi connectivity index (χ2n) is 45.8. The lowest BCUT2D eigenvalue weighted by Gasteiger charge is -2.61. The maximum absolute atomic E-state index is 2.56. The minimum atomic E-state index is -0.0620. The van der Waals surface area contributed by atoms with Gasteiger partial charge in [0.25, 0.3) is 0 Å². The van der Waals surface area contributed by atoms with E-state index in [0.717, 1.165) is 71.0 Å². The molecule has 16 aliphatic rings. The van der Waals surface area contributed by atoms with Gasteiger partial charge in [-0.2, -0.15) is 0 Å². The van der Waals surface area contributed by atoms with E-state index in [0.29, 0.717) is 0 Å². The van der Waals surface area contributed by atoms with E-state index < -0.39 is 0 Å². The molecule has 0 radical (unpaired) electrons. The summed E-state index contributed by atoms with van der Waals surface area (Å²) in [6.45, 7) is 4.77. The monoisotopic (exact) mass is 1860 g/mol. The SMILES string of the molecule is CC1(C)c2ccccc2-c2ccc(N(c3ccc(-c4ccccc4)cc3)c3ccc4c(c3)-c3ccccc3C43C4CC5CC(C4)CC3C5)cc21.c1ccc(-c2ccc(N(c3ccc(-c4ccccc4)cc3)c3ccc4c(c3)-c3ccccc3C43C4CC5CC(C4)CC3C5)cc2)cc1.c1ccc(-c2ccc(N(c3ccc4c(c3)-c3ccccc3C43C4CC5CC(C4)CC3C5)c3ccccc3-c3ccccc3)cc2)cc1. The molecular formula is C141H121N3. The van der Waals surface area contributed by atoms with Gasteiger partial charge in [-0.25, -0.2) is 0 Å². The smallest absolute Gasteiger partial charge is 0.0540 e. The zero-order chi connectivity index (χ0) is 95.1. The molecule has 18 aromatic rings. The Labute approximate surface area is 850 Å². The third kappa shape index (κ3) is 13.5. The van der Waals surface area contributed by atoms with Crippen molar-refractivity contribution < 1.29 is 0 Å². The molecule has 12 fully saturated rings. The standard InChI is InChI=1S/C49H43N.2C46H39N/c1-48(2)44-14-8-6-12-40(44)42-22-20-39(30-47(42)48)50(37-18-16-34(17-19-37)33-10-4-3-5-11-33)38-21-23-46-43(29-38)41-13-7-9-15-45(41)49(46)35-25-31-24-32(27-35)28-36(49)26-31;1-3-11-33(12-4-1)34-19-21-38(22-20-34)47(45-18-10-8-15-40(45)35-13-5-2-6-14-35)39-23-24-44-42(30-39)41-16-7-9-17-43(41)46(44)36-26-31-25-32(28-36)29-37(46)27-31;1-3-9-33(10-4-1)35-15-19-39(20-16-35)47(40-21-17-36(18-22-40)34-11-5-2-6-12-34)41-23-24-45-43(30-41)42-13-7-8-14-44(42)46(45)37-26-31-25-32(28-37)29-38(46)27-31/h3-23,29-32,35-36H,24-28H2,1-2H3;1-24,30-32,36-37H,25-29H2;1-24,30-32,37-38H,25-29H2. The Kier molecular flexibility index (Phi) is 20.3. The molecule has 0 aromatic heterocycles. The van der Waals surface area contributed by atoms with Crippen molar-refractivity contribution in [3.63, 3.8) is 0 Å². The molecule has 12 bridgehead atoms. The Bertz CT molecular complexity index is 7800. The van der Waals surface area contributed by atoms with Crippen molar-refractivity contribution in [3.8, 4) is 100 Å². The summed E-state index contributed by atoms with van der Waals surface area (Å²) in [6.07, 6.45) is 21.4. The van der Waals surface area contributed by atoms with Crippen LogP contribution in [0, 0.1) is 71.0 Å². The molecule has 0 amide bonds. The number of hydrogen-bond donors (Lipinski definition) is 0. The molecule has 3 nitrogen and oxygen atoms in total. The van der Waals surface area contributed by atoms with E-state index in [9.17, 15) is 0 Å². The van der Waals surface area contributed by atoms with Gasteiger partial charge >= 0.3 is 0 Å². The van der Waals surface area contributed by atoms with Crippen molar-refractivity contribution in [3.05, 3.63) is 487 Å². The van der Waals surface area contributed by atoms with Gasteiger partial charge in [-0.1, -0.05) is 354 Å². The number of fused-ring (bicyclic) bond motifs is 12. The van der Waals surface area contributed by atoms with Crippen molar-refractivity contribution in [2.24, 2.45) is 71.0 Å². The van der Waals surface area contributed by atoms with Crippen LogP contribution in [0.4, 0.5) is 51.2 Å². The Morgan fingerprint density at radius 3 is 0.694 bits per heavy atom. The van der Waals surface area contributed by atoms with E-state index in [4.69, 9.17) is 0 Å². The van der Waals surface area contributed by atoms with Crippen LogP contribution in [0.3, 0.4) is 0 Å². The number of para-hydroxylation sites is 1. The van der Waals surface area contributed by atoms with Crippen molar-refractivity contribution in [2.75, 3.05) is 14.7 Å². The summed E-state index contributed by atoms with van der Waals surface area (Å²) in [6, 6.07) is 166. The molecule has 3 spiro atoms. The van der Waals surface area contributed by atoms with E-state index in [1.807, 2.05) is 0 Å². The molecule has 144 heavy (non-hydrogen) atoms. The zero-order valence-electron chi connectivity index (χ0n) is 82.5. The highest BCUT2D eigenvalue weighted by Gasteiger charge is 2.65. The van der Waals surface area contributed by atoms with Crippen LogP contribution < -0.4 is 14.7 Å². The summed E-state index contributed by atoms with van der Waals surface area (Å²) < 4.78 is 0. The van der Waals surface area contributed by atoms with Gasteiger partial charge in [-0.05, 0) is 410 Å². The maximum atomic E-state index is 2.56. The number of benzene rings is 18. The largest absolute Gasteiger partial charge is 0.310 e. The van der Waals surface area contributed by atoms with Gasteiger partial charge in [0.05, 0.1) is 5.69 Å². The van der Waals surface area contributed by atoms with Gasteiger partial charge < -0.3 is 14.7 Å². The molecule has 0 unspecified atom stereocenters. The Morgan fingerprint density at radius 1 is 0.153 bits per heavy atom. The Hall–Kier alpha value is -14.6. The molecule has 3 heteroatoms. The minimum Gasteiger partial charge on any atom is -0.310 e. The average molecular weight is 1860 g/mol. The number of anilines is 9. The highest BCUT2D eigenvalue weighted by Crippen LogP contribution is 2.74. The lowest BCUT2D eigenvalue weighted by Crippen LogP contribution is -2.55. The number of hydrogen-bond acceptors (Lipinski definition) is 3. The van der Waals surface area contributed by atoms with Gasteiger partial charge in [-0.3, -0.25) is 0 Å². The van der Waals surface area contributed by atoms with Gasteiger partial charge in [0.2, 0.25) is 0 Å². The van der Waals surface area contributed by atoms with Crippen LogP contribution in [0.15, 0.2) is 443 Å². The first kappa shape index (κ1) is 86.1. The van der Waals surface area contributed by atoms with Crippen molar-refractivity contribution in [1.82, 2.24) is 0 Å². The van der Waals surface area contributed by atoms with E-state index in [-0.39, 0.29) is 21.7 Å². The molecule has 0 atom stereocenters. The minimum absolute atomic E-state index is 0.0620. The van der Waals surface area contributed by atoms with Crippen LogP contribution in [0.1, 0.15) is 155 Å². The Balaban J connectivity index is 0.000000103. The van der Waals surface area contributed by atoms with Crippen molar-refractivity contribution >= 4 is 51.2 Å². The third-order valence-electron chi connectivity index (χ3n) is 38.4. The molecular weight excluding hydrogens is 1740 g/mol. The molecule has 16 aliphatic carbocycles. The molecule has 0 heterocycles. The van der Waals surface area contributed by atoms with Gasteiger partial charge in [-0.15, -0.1) is 0 Å². The predicted molar refractivity (Wildman–Crippen MR) is 598 cm³/mol. The fraction of sp³-hybridized carbons (Fsp3) is 0.234. The number of nitrogens with zero attached hydrogens (tertiary/aromatic N) is 3. The lowest BCUT2D eigenvalue weighted by molar-refractivity contribution is -0.0399. The normalized spacial score (nSPS) is 25.0. The highest BCUT2D eigenvalue weighted by atomic mass is 15.2. The van der Waals surface area contributed by atoms with E-state index in [2.05, 4.69) is 471 Å². The summed E-state index contributed by atoms with van der Waals surface area (Å²) in [5, 5.41) is 0. The van der Waals surface area contributed by atoms with Crippen molar-refractivity contribution in [2.45, 2.75) is 132 Å². The molecule has 18 aromatic carbocycles. The quantitative estimate of drug-likeness (QED) is 0.107. The average Bonchev–Trinajstić information content (AvgIpc) is 1.51. The second kappa shape index (κ2) is 34.0. The zero-order valence-corrected chi connectivity index (χ0v) is 82.5. The molecule has 0 saturated heterocycles. The summed E-state index contributed by atoms with van der Waals surface area (Å²) in [7, 11) is 0. The van der Waals surface area contributed by atoms with Gasteiger partial charge in [0.1, 0.15) is 0 Å². The van der Waals surface area contributed by atoms with Crippen molar-refractivity contribution in [1.29, 1.82) is 0 Å². The molecule has 700 valence electrons. The van der Waals surface area contributed by atoms with Crippen LogP contribution in [-0.2, 0) is 21.7 Å². The second-order valence-corrected chi connectivity index (χ2v) is 45.8. The highest BCUT2D eigenvalue weighted by molar-refractivity contribution is 5.96. The van der Waals surface area contributed by atoms with E-state index in [1.165, 1.54) is 259 Å². The summed E-state index contributed by atoms with van der Waals surface area (Å²) >= 11 is 0. The summed E-state index contributed by atoms with van der Waals surface area (Å²) in [5.41, 5.74) is 47.7. The summed E-state index contributed by atoms with van der Waals surface area (Å²) in [5.74, 6) is 10.3. The van der Waals surface area contributed by atoms with Crippen LogP contribution >= 0.6 is 0 Å². The van der Waals surface area contributed by atoms with Gasteiger partial charge in [0, 0.05) is 72.7 Å². The first-order chi connectivity index (χ1) is 71.0. The Morgan fingerprint density at radius 2 is 0.368 bits per heavy atom. The molecule has 34 rings (SSSR count). The van der Waals surface area contributed by atoms with Crippen LogP contribution in [0.25, 0.3) is 100 Å². The number of rotatable bonds is 14. The first-order valence-corrected chi connectivity index (χ1v) is 54.2. The predicted octanol–water partition coefficient (Wildman–Crippen LogP) is 37.3. The fourth-order valence-corrected chi connectivity index (χ4v) is 33.3. The first-order valence-electron chi connectivity index (χ1n) is 54.2. The van der Waals surface area contributed by atoms with Gasteiger partial charge in [0.15, 0.2) is 0 Å². The lowest BCUT2D eigenvalue weighted by atomic mass is 9.43. The maximum Gasteiger partial charge on any atom is 0.0540 e. The van der Waals surface area contributed by atoms with E-state index in [1.54, 1.807) is 33.4 Å². The van der Waals surface area contributed by atoms with Crippen LogP contribution in [-0.4, -0.2) is 0 Å². The molecule has 0 aliphatic heterocycles. The summed E-state index contributed by atoms with van der Waals surface area (Å²) in [4.78, 5) is 7.45.